The maximum Gasteiger partial charge on any atom is 0.315 e. The number of Topliss-reactive ketones (excluding diaryl/α,β-unsaturated/α-hetero) is 1. The molecule has 144 valence electrons. The third-order valence-electron chi connectivity index (χ3n) is 5.00. The maximum atomic E-state index is 13.0. The number of rotatable bonds is 6. The van der Waals surface area contributed by atoms with Gasteiger partial charge in [0.1, 0.15) is 12.5 Å². The minimum absolute atomic E-state index is 0.0664. The van der Waals surface area contributed by atoms with Crippen molar-refractivity contribution in [3.8, 4) is 0 Å². The molecule has 2 atom stereocenters. The SMILES string of the molecule is CCSCCOC(=O)C1C(C)=NC2=C(C(=O)CCC2)[C@@H]1c1ccccc1Cl. The Morgan fingerprint density at radius 3 is 2.85 bits per heavy atom. The van der Waals surface area contributed by atoms with Crippen LogP contribution in [-0.4, -0.2) is 35.6 Å². The van der Waals surface area contributed by atoms with Crippen LogP contribution < -0.4 is 0 Å². The highest BCUT2D eigenvalue weighted by Crippen LogP contribution is 2.45. The molecule has 1 heterocycles. The van der Waals surface area contributed by atoms with Crippen LogP contribution in [-0.2, 0) is 14.3 Å². The molecule has 1 aliphatic carbocycles. The van der Waals surface area contributed by atoms with Crippen LogP contribution in [0.15, 0.2) is 40.5 Å². The molecule has 2 aliphatic rings. The van der Waals surface area contributed by atoms with E-state index in [2.05, 4.69) is 11.9 Å². The number of aliphatic imine (C=N–C) groups is 1. The average Bonchev–Trinajstić information content (AvgIpc) is 2.65. The molecule has 3 rings (SSSR count). The van der Waals surface area contributed by atoms with Gasteiger partial charge in [-0.05, 0) is 37.1 Å². The zero-order chi connectivity index (χ0) is 19.4. The lowest BCUT2D eigenvalue weighted by Gasteiger charge is -2.34. The van der Waals surface area contributed by atoms with Crippen LogP contribution in [0, 0.1) is 5.92 Å². The number of allylic oxidation sites excluding steroid dienone is 2. The fraction of sp³-hybridized carbons (Fsp3) is 0.476. The standard InChI is InChI=1S/C21H24ClNO3S/c1-3-27-12-11-26-21(25)18-13(2)23-16-9-6-10-17(24)20(16)19(18)14-7-4-5-8-15(14)22/h4-5,7-8,18-19H,3,6,9-12H2,1-2H3/t18?,19-/m1/s1. The number of ketones is 1. The molecule has 1 aromatic rings. The van der Waals surface area contributed by atoms with E-state index in [1.807, 2.05) is 25.1 Å². The minimum Gasteiger partial charge on any atom is -0.464 e. The monoisotopic (exact) mass is 405 g/mol. The highest BCUT2D eigenvalue weighted by Gasteiger charge is 2.43. The molecule has 0 amide bonds. The lowest BCUT2D eigenvalue weighted by molar-refractivity contribution is -0.145. The van der Waals surface area contributed by atoms with Crippen LogP contribution in [0.5, 0.6) is 0 Å². The van der Waals surface area contributed by atoms with Gasteiger partial charge in [0.15, 0.2) is 5.78 Å². The number of esters is 1. The van der Waals surface area contributed by atoms with Crippen LogP contribution in [0.1, 0.15) is 44.6 Å². The number of benzene rings is 1. The van der Waals surface area contributed by atoms with Crippen molar-refractivity contribution in [3.05, 3.63) is 46.1 Å². The molecule has 4 nitrogen and oxygen atoms in total. The quantitative estimate of drug-likeness (QED) is 0.503. The van der Waals surface area contributed by atoms with Gasteiger partial charge in [-0.15, -0.1) is 0 Å². The molecule has 0 radical (unpaired) electrons. The summed E-state index contributed by atoms with van der Waals surface area (Å²) >= 11 is 8.19. The lowest BCUT2D eigenvalue weighted by atomic mass is 9.72. The Balaban J connectivity index is 1.99. The predicted molar refractivity (Wildman–Crippen MR) is 111 cm³/mol. The van der Waals surface area contributed by atoms with Crippen molar-refractivity contribution >= 4 is 40.8 Å². The first kappa shape index (κ1) is 20.2. The summed E-state index contributed by atoms with van der Waals surface area (Å²) in [4.78, 5) is 30.4. The number of carbonyl (C=O) groups excluding carboxylic acids is 2. The third-order valence-corrected chi connectivity index (χ3v) is 6.21. The van der Waals surface area contributed by atoms with E-state index in [0.717, 1.165) is 35.6 Å². The van der Waals surface area contributed by atoms with E-state index in [0.29, 0.717) is 29.3 Å². The Bertz CT molecular complexity index is 802. The molecule has 0 saturated heterocycles. The largest absolute Gasteiger partial charge is 0.464 e. The van der Waals surface area contributed by atoms with Gasteiger partial charge in [0, 0.05) is 40.1 Å². The van der Waals surface area contributed by atoms with Crippen LogP contribution in [0.25, 0.3) is 0 Å². The van der Waals surface area contributed by atoms with E-state index < -0.39 is 11.8 Å². The molecule has 0 N–H and O–H groups in total. The van der Waals surface area contributed by atoms with Crippen molar-refractivity contribution in [2.75, 3.05) is 18.1 Å². The Labute approximate surface area is 169 Å². The third kappa shape index (κ3) is 4.30. The topological polar surface area (TPSA) is 55.7 Å². The van der Waals surface area contributed by atoms with Gasteiger partial charge in [-0.1, -0.05) is 36.7 Å². The van der Waals surface area contributed by atoms with Crippen molar-refractivity contribution < 1.29 is 14.3 Å². The van der Waals surface area contributed by atoms with Gasteiger partial charge < -0.3 is 4.74 Å². The summed E-state index contributed by atoms with van der Waals surface area (Å²) in [7, 11) is 0. The van der Waals surface area contributed by atoms with E-state index in [-0.39, 0.29) is 11.8 Å². The Kier molecular flexibility index (Phi) is 6.77. The van der Waals surface area contributed by atoms with Gasteiger partial charge in [-0.25, -0.2) is 0 Å². The molecule has 0 saturated carbocycles. The molecule has 27 heavy (non-hydrogen) atoms. The van der Waals surface area contributed by atoms with Crippen molar-refractivity contribution in [2.24, 2.45) is 10.9 Å². The summed E-state index contributed by atoms with van der Waals surface area (Å²) in [6, 6.07) is 7.43. The number of ether oxygens (including phenoxy) is 1. The molecule has 1 aliphatic heterocycles. The number of hydrogen-bond donors (Lipinski definition) is 0. The minimum atomic E-state index is -0.614. The Morgan fingerprint density at radius 1 is 1.33 bits per heavy atom. The first-order valence-electron chi connectivity index (χ1n) is 9.34. The number of hydrogen-bond acceptors (Lipinski definition) is 5. The molecule has 0 bridgehead atoms. The smallest absolute Gasteiger partial charge is 0.315 e. The zero-order valence-electron chi connectivity index (χ0n) is 15.7. The van der Waals surface area contributed by atoms with Gasteiger partial charge >= 0.3 is 5.97 Å². The van der Waals surface area contributed by atoms with Gasteiger partial charge in [0.25, 0.3) is 0 Å². The van der Waals surface area contributed by atoms with Crippen molar-refractivity contribution in [1.82, 2.24) is 0 Å². The Hall–Kier alpha value is -1.59. The van der Waals surface area contributed by atoms with Crippen LogP contribution >= 0.6 is 23.4 Å². The van der Waals surface area contributed by atoms with E-state index in [1.54, 1.807) is 17.8 Å². The highest BCUT2D eigenvalue weighted by molar-refractivity contribution is 7.99. The van der Waals surface area contributed by atoms with Crippen LogP contribution in [0.2, 0.25) is 5.02 Å². The van der Waals surface area contributed by atoms with Gasteiger partial charge in [-0.2, -0.15) is 11.8 Å². The second kappa shape index (κ2) is 9.07. The van der Waals surface area contributed by atoms with E-state index >= 15 is 0 Å². The number of halogens is 1. The summed E-state index contributed by atoms with van der Waals surface area (Å²) in [6.07, 6.45) is 2.05. The number of nitrogens with zero attached hydrogens (tertiary/aromatic N) is 1. The molecule has 0 spiro atoms. The highest BCUT2D eigenvalue weighted by atomic mass is 35.5. The van der Waals surface area contributed by atoms with Crippen molar-refractivity contribution in [3.63, 3.8) is 0 Å². The van der Waals surface area contributed by atoms with E-state index in [9.17, 15) is 9.59 Å². The second-order valence-electron chi connectivity index (χ2n) is 6.73. The number of carbonyl (C=O) groups is 2. The first-order valence-corrected chi connectivity index (χ1v) is 10.9. The summed E-state index contributed by atoms with van der Waals surface area (Å²) in [6.45, 7) is 4.27. The molecule has 0 fully saturated rings. The first-order chi connectivity index (χ1) is 13.0. The summed E-state index contributed by atoms with van der Waals surface area (Å²) in [5.41, 5.74) is 2.94. The molecular weight excluding hydrogens is 382 g/mol. The van der Waals surface area contributed by atoms with Crippen LogP contribution in [0.3, 0.4) is 0 Å². The molecule has 1 unspecified atom stereocenters. The lowest BCUT2D eigenvalue weighted by Crippen LogP contribution is -2.37. The van der Waals surface area contributed by atoms with E-state index in [1.165, 1.54) is 0 Å². The Morgan fingerprint density at radius 2 is 2.11 bits per heavy atom. The number of thioether (sulfide) groups is 1. The zero-order valence-corrected chi connectivity index (χ0v) is 17.2. The fourth-order valence-electron chi connectivity index (χ4n) is 3.81. The summed E-state index contributed by atoms with van der Waals surface area (Å²) in [5, 5.41) is 0.557. The molecule has 1 aromatic carbocycles. The summed E-state index contributed by atoms with van der Waals surface area (Å²) < 4.78 is 5.54. The van der Waals surface area contributed by atoms with Gasteiger partial charge in [0.05, 0.1) is 0 Å². The predicted octanol–water partition coefficient (Wildman–Crippen LogP) is 4.82. The summed E-state index contributed by atoms with van der Waals surface area (Å²) in [5.74, 6) is 0.436. The van der Waals surface area contributed by atoms with E-state index in [4.69, 9.17) is 16.3 Å². The molecule has 0 aromatic heterocycles. The average molecular weight is 406 g/mol. The maximum absolute atomic E-state index is 13.0. The fourth-order valence-corrected chi connectivity index (χ4v) is 4.55. The van der Waals surface area contributed by atoms with Gasteiger partial charge in [-0.3, -0.25) is 14.6 Å². The molecule has 6 heteroatoms. The molecular formula is C21H24ClNO3S. The van der Waals surface area contributed by atoms with Crippen molar-refractivity contribution in [2.45, 2.75) is 39.0 Å². The van der Waals surface area contributed by atoms with Crippen molar-refractivity contribution in [1.29, 1.82) is 0 Å². The normalized spacial score (nSPS) is 22.3. The van der Waals surface area contributed by atoms with Gasteiger partial charge in [0.2, 0.25) is 0 Å². The second-order valence-corrected chi connectivity index (χ2v) is 8.53. The van der Waals surface area contributed by atoms with Crippen LogP contribution in [0.4, 0.5) is 0 Å².